The van der Waals surface area contributed by atoms with Crippen LogP contribution in [0.1, 0.15) is 30.1 Å². The van der Waals surface area contributed by atoms with Gasteiger partial charge in [0.15, 0.2) is 5.82 Å². The van der Waals surface area contributed by atoms with Crippen LogP contribution < -0.4 is 4.74 Å². The molecule has 1 aliphatic rings. The van der Waals surface area contributed by atoms with Crippen molar-refractivity contribution >= 4 is 11.6 Å². The average molecular weight is 265 g/mol. The highest BCUT2D eigenvalue weighted by Gasteiger charge is 2.17. The van der Waals surface area contributed by atoms with Gasteiger partial charge in [0.05, 0.1) is 12.0 Å². The molecule has 1 aromatic heterocycles. The van der Waals surface area contributed by atoms with Crippen LogP contribution in [0.5, 0.6) is 5.75 Å². The van der Waals surface area contributed by atoms with Crippen molar-refractivity contribution in [1.82, 2.24) is 10.1 Å². The van der Waals surface area contributed by atoms with Gasteiger partial charge in [0.1, 0.15) is 5.75 Å². The summed E-state index contributed by atoms with van der Waals surface area (Å²) >= 11 is 6.08. The first kappa shape index (κ1) is 11.5. The van der Waals surface area contributed by atoms with Crippen molar-refractivity contribution in [3.63, 3.8) is 0 Å². The molecule has 0 saturated heterocycles. The Morgan fingerprint density at radius 2 is 2.33 bits per heavy atom. The molecule has 2 aromatic rings. The molecule has 3 rings (SSSR count). The van der Waals surface area contributed by atoms with E-state index >= 15 is 0 Å². The van der Waals surface area contributed by atoms with Crippen molar-refractivity contribution in [2.24, 2.45) is 0 Å². The number of hydrogen-bond donors (Lipinski definition) is 0. The molecule has 0 saturated carbocycles. The summed E-state index contributed by atoms with van der Waals surface area (Å²) in [5, 5.41) is 3.71. The second-order valence-corrected chi connectivity index (χ2v) is 4.78. The van der Waals surface area contributed by atoms with Gasteiger partial charge < -0.3 is 9.26 Å². The predicted octanol–water partition coefficient (Wildman–Crippen LogP) is 3.36. The van der Waals surface area contributed by atoms with Crippen LogP contribution in [0.3, 0.4) is 0 Å². The quantitative estimate of drug-likeness (QED) is 0.798. The van der Waals surface area contributed by atoms with Gasteiger partial charge in [-0.05, 0) is 30.2 Å². The van der Waals surface area contributed by atoms with Crippen molar-refractivity contribution < 1.29 is 9.26 Å². The van der Waals surface area contributed by atoms with Crippen molar-refractivity contribution in [3.8, 4) is 17.2 Å². The van der Waals surface area contributed by atoms with E-state index in [1.54, 1.807) is 0 Å². The first-order valence-corrected chi connectivity index (χ1v) is 6.45. The zero-order chi connectivity index (χ0) is 12.5. The smallest absolute Gasteiger partial charge is 0.257 e. The molecule has 2 heterocycles. The topological polar surface area (TPSA) is 48.2 Å². The second-order valence-electron chi connectivity index (χ2n) is 4.25. The van der Waals surface area contributed by atoms with Crippen LogP contribution in [-0.4, -0.2) is 16.7 Å². The largest absolute Gasteiger partial charge is 0.493 e. The first-order valence-electron chi connectivity index (χ1n) is 6.01. The molecule has 0 aliphatic carbocycles. The Morgan fingerprint density at radius 3 is 3.17 bits per heavy atom. The van der Waals surface area contributed by atoms with Crippen LogP contribution in [0.15, 0.2) is 22.7 Å². The number of rotatable bonds is 3. The van der Waals surface area contributed by atoms with E-state index in [2.05, 4.69) is 10.1 Å². The maximum Gasteiger partial charge on any atom is 0.257 e. The Morgan fingerprint density at radius 1 is 1.44 bits per heavy atom. The van der Waals surface area contributed by atoms with Crippen molar-refractivity contribution in [2.75, 3.05) is 6.61 Å². The molecule has 94 valence electrons. The van der Waals surface area contributed by atoms with Gasteiger partial charge >= 0.3 is 0 Å². The maximum atomic E-state index is 6.08. The van der Waals surface area contributed by atoms with E-state index in [4.69, 9.17) is 20.9 Å². The molecule has 0 fully saturated rings. The Hall–Kier alpha value is -1.55. The molecule has 1 unspecified atom stereocenters. The lowest BCUT2D eigenvalue weighted by atomic mass is 10.1. The van der Waals surface area contributed by atoms with Crippen LogP contribution in [-0.2, 0) is 6.42 Å². The minimum absolute atomic E-state index is 0.194. The van der Waals surface area contributed by atoms with Crippen LogP contribution in [0.2, 0.25) is 0 Å². The summed E-state index contributed by atoms with van der Waals surface area (Å²) in [6, 6.07) is 5.91. The molecule has 0 amide bonds. The highest BCUT2D eigenvalue weighted by molar-refractivity contribution is 6.20. The summed E-state index contributed by atoms with van der Waals surface area (Å²) in [6.45, 7) is 2.73. The van der Waals surface area contributed by atoms with Gasteiger partial charge in [-0.1, -0.05) is 12.1 Å². The zero-order valence-corrected chi connectivity index (χ0v) is 10.8. The molecule has 1 atom stereocenters. The van der Waals surface area contributed by atoms with E-state index in [0.29, 0.717) is 11.7 Å². The van der Waals surface area contributed by atoms with E-state index in [1.165, 1.54) is 5.56 Å². The van der Waals surface area contributed by atoms with Gasteiger partial charge in [-0.15, -0.1) is 11.6 Å². The molecule has 1 aliphatic heterocycles. The molecule has 0 bridgehead atoms. The number of ether oxygens (including phenoxy) is 1. The van der Waals surface area contributed by atoms with Gasteiger partial charge in [-0.25, -0.2) is 0 Å². The summed E-state index contributed by atoms with van der Waals surface area (Å²) in [4.78, 5) is 4.33. The molecular formula is C13H13ClN2O2. The van der Waals surface area contributed by atoms with E-state index in [1.807, 2.05) is 25.1 Å². The van der Waals surface area contributed by atoms with Gasteiger partial charge in [-0.2, -0.15) is 4.98 Å². The lowest BCUT2D eigenvalue weighted by Crippen LogP contribution is -1.90. The van der Waals surface area contributed by atoms with Crippen LogP contribution >= 0.6 is 11.6 Å². The summed E-state index contributed by atoms with van der Waals surface area (Å²) in [5.41, 5.74) is 2.10. The number of alkyl halides is 1. The highest BCUT2D eigenvalue weighted by Crippen LogP contribution is 2.30. The predicted molar refractivity (Wildman–Crippen MR) is 67.8 cm³/mol. The fourth-order valence-electron chi connectivity index (χ4n) is 1.98. The molecular weight excluding hydrogens is 252 g/mol. The van der Waals surface area contributed by atoms with Crippen molar-refractivity contribution in [3.05, 3.63) is 29.6 Å². The zero-order valence-electron chi connectivity index (χ0n) is 10.0. The average Bonchev–Trinajstić information content (AvgIpc) is 3.05. The summed E-state index contributed by atoms with van der Waals surface area (Å²) in [6.07, 6.45) is 1.70. The lowest BCUT2D eigenvalue weighted by Gasteiger charge is -1.99. The minimum Gasteiger partial charge on any atom is -0.493 e. The van der Waals surface area contributed by atoms with E-state index < -0.39 is 0 Å². The number of nitrogens with zero attached hydrogens (tertiary/aromatic N) is 2. The number of aromatic nitrogens is 2. The third-order valence-corrected chi connectivity index (χ3v) is 3.52. The van der Waals surface area contributed by atoms with Crippen molar-refractivity contribution in [1.29, 1.82) is 0 Å². The third kappa shape index (κ3) is 1.97. The van der Waals surface area contributed by atoms with Gasteiger partial charge in [0, 0.05) is 12.0 Å². The number of hydrogen-bond acceptors (Lipinski definition) is 4. The molecule has 0 N–H and O–H groups in total. The van der Waals surface area contributed by atoms with Gasteiger partial charge in [0.25, 0.3) is 5.89 Å². The molecule has 5 heteroatoms. The fraction of sp³-hybridized carbons (Fsp3) is 0.385. The Kier molecular flexibility index (Phi) is 2.96. The van der Waals surface area contributed by atoms with Crippen LogP contribution in [0.4, 0.5) is 0 Å². The normalized spacial score (nSPS) is 15.2. The van der Waals surface area contributed by atoms with Crippen LogP contribution in [0.25, 0.3) is 11.5 Å². The molecule has 0 spiro atoms. The summed E-state index contributed by atoms with van der Waals surface area (Å²) in [7, 11) is 0. The van der Waals surface area contributed by atoms with Crippen LogP contribution in [0, 0.1) is 0 Å². The SMILES string of the molecule is CCC(Cl)c1noc(-c2ccc3c(c2)CCO3)n1. The van der Waals surface area contributed by atoms with E-state index in [-0.39, 0.29) is 5.38 Å². The van der Waals surface area contributed by atoms with Crippen molar-refractivity contribution in [2.45, 2.75) is 25.1 Å². The van der Waals surface area contributed by atoms with Gasteiger partial charge in [-0.3, -0.25) is 0 Å². The second kappa shape index (κ2) is 4.61. The fourth-order valence-corrected chi connectivity index (χ4v) is 2.07. The standard InChI is InChI=1S/C13H13ClN2O2/c1-2-10(14)12-15-13(18-16-12)9-3-4-11-8(7-9)5-6-17-11/h3-4,7,10H,2,5-6H2,1H3. The Balaban J connectivity index is 1.92. The number of benzene rings is 1. The van der Waals surface area contributed by atoms with E-state index in [9.17, 15) is 0 Å². The molecule has 4 nitrogen and oxygen atoms in total. The third-order valence-electron chi connectivity index (χ3n) is 3.02. The summed E-state index contributed by atoms with van der Waals surface area (Å²) < 4.78 is 10.7. The Labute approximate surface area is 110 Å². The number of halogens is 1. The highest BCUT2D eigenvalue weighted by atomic mass is 35.5. The molecule has 1 aromatic carbocycles. The first-order chi connectivity index (χ1) is 8.78. The minimum atomic E-state index is -0.194. The summed E-state index contributed by atoms with van der Waals surface area (Å²) in [5.74, 6) is 2.01. The Bertz CT molecular complexity index is 568. The molecule has 0 radical (unpaired) electrons. The lowest BCUT2D eigenvalue weighted by molar-refractivity contribution is 0.357. The van der Waals surface area contributed by atoms with Gasteiger partial charge in [0.2, 0.25) is 0 Å². The molecule has 18 heavy (non-hydrogen) atoms. The van der Waals surface area contributed by atoms with E-state index in [0.717, 1.165) is 30.8 Å². The monoisotopic (exact) mass is 264 g/mol. The number of fused-ring (bicyclic) bond motifs is 1. The maximum absolute atomic E-state index is 6.08.